The van der Waals surface area contributed by atoms with Crippen molar-refractivity contribution in [3.8, 4) is 0 Å². The van der Waals surface area contributed by atoms with Gasteiger partial charge < -0.3 is 10.8 Å². The quantitative estimate of drug-likeness (QED) is 0.879. The summed E-state index contributed by atoms with van der Waals surface area (Å²) < 4.78 is 13.7. The first-order valence-corrected chi connectivity index (χ1v) is 5.72. The lowest BCUT2D eigenvalue weighted by Crippen LogP contribution is -2.09. The Kier molecular flexibility index (Phi) is 3.50. The number of aliphatic hydroxyl groups excluding tert-OH is 1. The zero-order valence-corrected chi connectivity index (χ0v) is 10.4. The van der Waals surface area contributed by atoms with Crippen molar-refractivity contribution >= 4 is 17.4 Å². The molecule has 5 heteroatoms. The number of hydrogen-bond acceptors (Lipinski definition) is 3. The number of aliphatic hydroxyl groups is 1. The molecule has 2 aromatic rings. The second-order valence-corrected chi connectivity index (χ2v) is 4.43. The molecule has 1 unspecified atom stereocenters. The van der Waals surface area contributed by atoms with Crippen LogP contribution in [0.1, 0.15) is 22.8 Å². The van der Waals surface area contributed by atoms with Crippen LogP contribution in [0.15, 0.2) is 30.5 Å². The number of nitrogen functional groups attached to an aromatic ring is 1. The van der Waals surface area contributed by atoms with Gasteiger partial charge in [0.1, 0.15) is 17.7 Å². The minimum absolute atomic E-state index is 0.0882. The van der Waals surface area contributed by atoms with Gasteiger partial charge in [0.15, 0.2) is 0 Å². The van der Waals surface area contributed by atoms with Gasteiger partial charge >= 0.3 is 0 Å². The lowest BCUT2D eigenvalue weighted by molar-refractivity contribution is 0.214. The molecular formula is C13H12ClFN2O. The summed E-state index contributed by atoms with van der Waals surface area (Å²) in [5, 5.41) is 10.6. The number of anilines is 1. The highest BCUT2D eigenvalue weighted by Gasteiger charge is 2.20. The summed E-state index contributed by atoms with van der Waals surface area (Å²) in [6, 6.07) is 5.72. The van der Waals surface area contributed by atoms with Gasteiger partial charge in [0.2, 0.25) is 0 Å². The van der Waals surface area contributed by atoms with Crippen LogP contribution in [0, 0.1) is 12.7 Å². The molecule has 1 aromatic heterocycles. The lowest BCUT2D eigenvalue weighted by atomic mass is 9.98. The fraction of sp³-hybridized carbons (Fsp3) is 0.154. The molecule has 18 heavy (non-hydrogen) atoms. The average Bonchev–Trinajstić information content (AvgIpc) is 2.32. The smallest absolute Gasteiger partial charge is 0.129 e. The summed E-state index contributed by atoms with van der Waals surface area (Å²) in [7, 11) is 0. The van der Waals surface area contributed by atoms with Crippen LogP contribution in [0.2, 0.25) is 5.02 Å². The fourth-order valence-electron chi connectivity index (χ4n) is 1.83. The Morgan fingerprint density at radius 2 is 2.11 bits per heavy atom. The molecule has 94 valence electrons. The van der Waals surface area contributed by atoms with Gasteiger partial charge in [-0.1, -0.05) is 11.6 Å². The Bertz CT molecular complexity index is 569. The summed E-state index contributed by atoms with van der Waals surface area (Å²) in [4.78, 5) is 3.90. The number of pyridine rings is 1. The van der Waals surface area contributed by atoms with Crippen molar-refractivity contribution in [2.75, 3.05) is 5.73 Å². The molecule has 2 rings (SSSR count). The van der Waals surface area contributed by atoms with Crippen LogP contribution in [0.3, 0.4) is 0 Å². The van der Waals surface area contributed by atoms with Crippen LogP contribution < -0.4 is 5.73 Å². The number of aromatic nitrogens is 1. The Balaban J connectivity index is 2.54. The third-order valence-corrected chi connectivity index (χ3v) is 3.00. The van der Waals surface area contributed by atoms with Crippen LogP contribution in [0.4, 0.5) is 10.2 Å². The number of nitrogens with two attached hydrogens (primary N) is 1. The first-order chi connectivity index (χ1) is 8.50. The van der Waals surface area contributed by atoms with E-state index in [-0.39, 0.29) is 11.4 Å². The Morgan fingerprint density at radius 1 is 1.39 bits per heavy atom. The largest absolute Gasteiger partial charge is 0.383 e. The highest BCUT2D eigenvalue weighted by atomic mass is 35.5. The maximum Gasteiger partial charge on any atom is 0.129 e. The summed E-state index contributed by atoms with van der Waals surface area (Å²) in [5.74, 6) is -0.351. The van der Waals surface area contributed by atoms with E-state index in [2.05, 4.69) is 4.98 Å². The van der Waals surface area contributed by atoms with Crippen LogP contribution in [-0.4, -0.2) is 10.1 Å². The van der Waals surface area contributed by atoms with Crippen LogP contribution in [0.5, 0.6) is 0 Å². The van der Waals surface area contributed by atoms with Gasteiger partial charge in [-0.2, -0.15) is 0 Å². The van der Waals surface area contributed by atoms with Gasteiger partial charge in [0.25, 0.3) is 0 Å². The van der Waals surface area contributed by atoms with Gasteiger partial charge in [-0.05, 0) is 36.8 Å². The number of halogens is 2. The number of hydrogen-bond donors (Lipinski definition) is 2. The van der Waals surface area contributed by atoms with Crippen molar-refractivity contribution in [2.24, 2.45) is 0 Å². The molecule has 3 nitrogen and oxygen atoms in total. The Labute approximate surface area is 109 Å². The molecule has 1 aromatic carbocycles. The van der Waals surface area contributed by atoms with Gasteiger partial charge in [0.05, 0.1) is 0 Å². The first kappa shape index (κ1) is 12.8. The monoisotopic (exact) mass is 266 g/mol. The SMILES string of the molecule is Cc1ccnc(N)c1C(O)c1cc(Cl)ccc1F. The van der Waals surface area contributed by atoms with Crippen molar-refractivity contribution in [1.29, 1.82) is 0 Å². The molecule has 0 bridgehead atoms. The topological polar surface area (TPSA) is 59.1 Å². The zero-order chi connectivity index (χ0) is 13.3. The minimum atomic E-state index is -1.18. The highest BCUT2D eigenvalue weighted by Crippen LogP contribution is 2.31. The van der Waals surface area contributed by atoms with Crippen molar-refractivity contribution in [3.63, 3.8) is 0 Å². The maximum atomic E-state index is 13.7. The molecule has 0 aliphatic rings. The van der Waals surface area contributed by atoms with Crippen molar-refractivity contribution in [2.45, 2.75) is 13.0 Å². The predicted molar refractivity (Wildman–Crippen MR) is 68.9 cm³/mol. The van der Waals surface area contributed by atoms with Crippen LogP contribution in [-0.2, 0) is 0 Å². The number of aryl methyl sites for hydroxylation is 1. The van der Waals surface area contributed by atoms with Crippen molar-refractivity contribution < 1.29 is 9.50 Å². The van der Waals surface area contributed by atoms with E-state index in [4.69, 9.17) is 17.3 Å². The molecule has 0 saturated carbocycles. The van der Waals surface area contributed by atoms with Crippen molar-refractivity contribution in [1.82, 2.24) is 4.98 Å². The summed E-state index contributed by atoms with van der Waals surface area (Å²) >= 11 is 5.80. The molecule has 0 spiro atoms. The van der Waals surface area contributed by atoms with Gasteiger partial charge in [-0.3, -0.25) is 0 Å². The summed E-state index contributed by atoms with van der Waals surface area (Å²) in [5.41, 5.74) is 6.96. The second kappa shape index (κ2) is 4.92. The molecule has 0 aliphatic heterocycles. The summed E-state index contributed by atoms with van der Waals surface area (Å²) in [6.45, 7) is 1.78. The molecule has 0 saturated heterocycles. The molecular weight excluding hydrogens is 255 g/mol. The van der Waals surface area contributed by atoms with Gasteiger partial charge in [-0.15, -0.1) is 0 Å². The van der Waals surface area contributed by atoms with E-state index in [1.807, 2.05) is 0 Å². The van der Waals surface area contributed by atoms with E-state index in [0.717, 1.165) is 5.56 Å². The Hall–Kier alpha value is -1.65. The van der Waals surface area contributed by atoms with E-state index in [1.54, 1.807) is 13.0 Å². The molecule has 0 aliphatic carbocycles. The van der Waals surface area contributed by atoms with E-state index in [1.165, 1.54) is 24.4 Å². The highest BCUT2D eigenvalue weighted by molar-refractivity contribution is 6.30. The average molecular weight is 267 g/mol. The number of benzene rings is 1. The van der Waals surface area contributed by atoms with Gasteiger partial charge in [0, 0.05) is 22.3 Å². The number of rotatable bonds is 2. The molecule has 0 fully saturated rings. The van der Waals surface area contributed by atoms with Crippen LogP contribution >= 0.6 is 11.6 Å². The lowest BCUT2D eigenvalue weighted by Gasteiger charge is -2.16. The molecule has 1 heterocycles. The predicted octanol–water partition coefficient (Wildman–Crippen LogP) is 2.85. The standard InChI is InChI=1S/C13H12ClFN2O/c1-7-4-5-17-13(16)11(7)12(18)9-6-8(14)2-3-10(9)15/h2-6,12,18H,1H3,(H2,16,17). The zero-order valence-electron chi connectivity index (χ0n) is 9.69. The van der Waals surface area contributed by atoms with Crippen LogP contribution in [0.25, 0.3) is 0 Å². The molecule has 1 atom stereocenters. The van der Waals surface area contributed by atoms with E-state index in [9.17, 15) is 9.50 Å². The van der Waals surface area contributed by atoms with E-state index < -0.39 is 11.9 Å². The van der Waals surface area contributed by atoms with E-state index in [0.29, 0.717) is 10.6 Å². The number of nitrogens with zero attached hydrogens (tertiary/aromatic N) is 1. The van der Waals surface area contributed by atoms with Gasteiger partial charge in [-0.25, -0.2) is 9.37 Å². The molecule has 3 N–H and O–H groups in total. The maximum absolute atomic E-state index is 13.7. The van der Waals surface area contributed by atoms with E-state index >= 15 is 0 Å². The Morgan fingerprint density at radius 3 is 2.78 bits per heavy atom. The first-order valence-electron chi connectivity index (χ1n) is 5.34. The molecule has 0 radical (unpaired) electrons. The normalized spacial score (nSPS) is 12.4. The third-order valence-electron chi connectivity index (χ3n) is 2.77. The summed E-state index contributed by atoms with van der Waals surface area (Å²) in [6.07, 6.45) is 0.354. The molecule has 0 amide bonds. The minimum Gasteiger partial charge on any atom is -0.383 e. The fourth-order valence-corrected chi connectivity index (χ4v) is 2.01. The van der Waals surface area contributed by atoms with Crippen molar-refractivity contribution in [3.05, 3.63) is 58.0 Å². The second-order valence-electron chi connectivity index (χ2n) is 4.00. The third kappa shape index (κ3) is 2.30.